The molecule has 1 atom stereocenters. The fourth-order valence-corrected chi connectivity index (χ4v) is 4.57. The summed E-state index contributed by atoms with van der Waals surface area (Å²) in [5, 5.41) is 14.0. The number of rotatable bonds is 8. The summed E-state index contributed by atoms with van der Waals surface area (Å²) in [6, 6.07) is 17.9. The number of benzene rings is 2. The number of fused-ring (bicyclic) bond motifs is 1. The first-order chi connectivity index (χ1) is 17.2. The number of nitriles is 1. The molecule has 0 saturated heterocycles. The van der Waals surface area contributed by atoms with Gasteiger partial charge < -0.3 is 19.4 Å². The first-order valence-electron chi connectivity index (χ1n) is 12.2. The number of ether oxygens (including phenoxy) is 2. The van der Waals surface area contributed by atoms with Crippen molar-refractivity contribution in [2.75, 3.05) is 6.61 Å². The Morgan fingerprint density at radius 2 is 2.03 bits per heavy atom. The van der Waals surface area contributed by atoms with Gasteiger partial charge in [0.2, 0.25) is 0 Å². The number of nitrogens with one attached hydrogen (secondary N) is 1. The lowest BCUT2D eigenvalue weighted by Gasteiger charge is -2.19. The topological polar surface area (TPSA) is 76.3 Å². The predicted molar refractivity (Wildman–Crippen MR) is 136 cm³/mol. The van der Waals surface area contributed by atoms with E-state index in [2.05, 4.69) is 22.0 Å². The zero-order chi connectivity index (χ0) is 24.2. The number of alkyl carbamates (subject to hydrolysis) is 1. The molecule has 2 aliphatic rings. The summed E-state index contributed by atoms with van der Waals surface area (Å²) in [5.41, 5.74) is 4.63. The largest absolute Gasteiger partial charge is 0.494 e. The number of allylic oxidation sites excluding steroid dienone is 2. The van der Waals surface area contributed by atoms with Crippen LogP contribution >= 0.6 is 0 Å². The lowest BCUT2D eigenvalue weighted by Crippen LogP contribution is -2.34. The van der Waals surface area contributed by atoms with Crippen LogP contribution in [0.2, 0.25) is 0 Å². The van der Waals surface area contributed by atoms with Crippen LogP contribution in [0.1, 0.15) is 43.0 Å². The van der Waals surface area contributed by atoms with Gasteiger partial charge in [-0.3, -0.25) is 0 Å². The van der Waals surface area contributed by atoms with Crippen molar-refractivity contribution in [3.63, 3.8) is 0 Å². The Balaban J connectivity index is 1.35. The first kappa shape index (κ1) is 22.8. The molecule has 5 rings (SSSR count). The number of amides is 1. The van der Waals surface area contributed by atoms with E-state index in [0.29, 0.717) is 24.5 Å². The van der Waals surface area contributed by atoms with Gasteiger partial charge in [-0.25, -0.2) is 4.79 Å². The van der Waals surface area contributed by atoms with Crippen molar-refractivity contribution in [2.24, 2.45) is 5.92 Å². The Morgan fingerprint density at radius 3 is 2.71 bits per heavy atom. The normalized spacial score (nSPS) is 17.0. The maximum Gasteiger partial charge on any atom is 0.407 e. The third-order valence-electron chi connectivity index (χ3n) is 6.49. The van der Waals surface area contributed by atoms with Crippen LogP contribution in [0.4, 0.5) is 4.79 Å². The fourth-order valence-electron chi connectivity index (χ4n) is 4.57. The van der Waals surface area contributed by atoms with E-state index in [4.69, 9.17) is 9.47 Å². The molecule has 1 saturated carbocycles. The van der Waals surface area contributed by atoms with Gasteiger partial charge in [0.05, 0.1) is 29.4 Å². The molecule has 0 aliphatic heterocycles. The quantitative estimate of drug-likeness (QED) is 0.443. The maximum absolute atomic E-state index is 12.3. The molecule has 35 heavy (non-hydrogen) atoms. The van der Waals surface area contributed by atoms with Crippen LogP contribution in [0.15, 0.2) is 66.8 Å². The second-order valence-electron chi connectivity index (χ2n) is 9.07. The summed E-state index contributed by atoms with van der Waals surface area (Å²) >= 11 is 0. The number of aromatic nitrogens is 1. The van der Waals surface area contributed by atoms with E-state index in [1.54, 1.807) is 0 Å². The third kappa shape index (κ3) is 5.09. The highest BCUT2D eigenvalue weighted by Gasteiger charge is 2.27. The Bertz CT molecular complexity index is 1330. The van der Waals surface area contributed by atoms with E-state index in [0.717, 1.165) is 40.0 Å². The lowest BCUT2D eigenvalue weighted by atomic mass is 9.98. The molecule has 1 fully saturated rings. The monoisotopic (exact) mass is 467 g/mol. The molecule has 1 heterocycles. The molecule has 3 aromatic rings. The smallest absolute Gasteiger partial charge is 0.407 e. The van der Waals surface area contributed by atoms with Crippen LogP contribution in [0.25, 0.3) is 16.5 Å². The summed E-state index contributed by atoms with van der Waals surface area (Å²) < 4.78 is 13.4. The van der Waals surface area contributed by atoms with Crippen LogP contribution < -0.4 is 10.1 Å². The molecule has 0 spiro atoms. The molecule has 0 bridgehead atoms. The SMILES string of the molecule is CCOc1ccc2c(C#N)c(C3=CCC(NC(=O)OCc4ccccc4)C=C3)n(CC3CC3)c2c1. The lowest BCUT2D eigenvalue weighted by molar-refractivity contribution is 0.137. The zero-order valence-electron chi connectivity index (χ0n) is 19.9. The molecule has 6 heteroatoms. The van der Waals surface area contributed by atoms with E-state index >= 15 is 0 Å². The number of hydrogen-bond acceptors (Lipinski definition) is 4. The highest BCUT2D eigenvalue weighted by atomic mass is 16.5. The van der Waals surface area contributed by atoms with Gasteiger partial charge in [0.1, 0.15) is 18.4 Å². The van der Waals surface area contributed by atoms with Crippen molar-refractivity contribution in [1.29, 1.82) is 5.26 Å². The maximum atomic E-state index is 12.3. The highest BCUT2D eigenvalue weighted by Crippen LogP contribution is 2.39. The Kier molecular flexibility index (Phi) is 6.58. The van der Waals surface area contributed by atoms with Crippen LogP contribution in [-0.4, -0.2) is 23.3 Å². The van der Waals surface area contributed by atoms with Crippen LogP contribution in [-0.2, 0) is 17.9 Å². The molecule has 1 N–H and O–H groups in total. The molecular formula is C29H29N3O3. The van der Waals surface area contributed by atoms with Crippen molar-refractivity contribution in [1.82, 2.24) is 9.88 Å². The summed E-state index contributed by atoms with van der Waals surface area (Å²) in [6.45, 7) is 3.70. The number of hydrogen-bond donors (Lipinski definition) is 1. The van der Waals surface area contributed by atoms with Gasteiger partial charge in [0, 0.05) is 18.0 Å². The van der Waals surface area contributed by atoms with Gasteiger partial charge in [0.25, 0.3) is 0 Å². The van der Waals surface area contributed by atoms with Crippen LogP contribution in [0.5, 0.6) is 5.75 Å². The fraction of sp³-hybridized carbons (Fsp3) is 0.310. The highest BCUT2D eigenvalue weighted by molar-refractivity contribution is 5.95. The molecule has 6 nitrogen and oxygen atoms in total. The molecule has 178 valence electrons. The molecule has 1 aromatic heterocycles. The minimum absolute atomic E-state index is 0.154. The van der Waals surface area contributed by atoms with Crippen molar-refractivity contribution in [2.45, 2.75) is 45.4 Å². The van der Waals surface area contributed by atoms with Crippen LogP contribution in [0, 0.1) is 17.2 Å². The average Bonchev–Trinajstić information content (AvgIpc) is 3.65. The third-order valence-corrected chi connectivity index (χ3v) is 6.49. The number of carbonyl (C=O) groups excluding carboxylic acids is 1. The molecular weight excluding hydrogens is 438 g/mol. The van der Waals surface area contributed by atoms with Crippen molar-refractivity contribution >= 4 is 22.6 Å². The van der Waals surface area contributed by atoms with Crippen molar-refractivity contribution < 1.29 is 14.3 Å². The van der Waals surface area contributed by atoms with Gasteiger partial charge in [0.15, 0.2) is 0 Å². The van der Waals surface area contributed by atoms with Crippen LogP contribution in [0.3, 0.4) is 0 Å². The van der Waals surface area contributed by atoms with E-state index in [9.17, 15) is 10.1 Å². The average molecular weight is 468 g/mol. The summed E-state index contributed by atoms with van der Waals surface area (Å²) in [4.78, 5) is 12.3. The van der Waals surface area contributed by atoms with E-state index in [1.807, 2.05) is 67.6 Å². The Hall–Kier alpha value is -3.98. The van der Waals surface area contributed by atoms with E-state index in [-0.39, 0.29) is 12.6 Å². The molecule has 1 unspecified atom stereocenters. The second-order valence-corrected chi connectivity index (χ2v) is 9.07. The van der Waals surface area contributed by atoms with Gasteiger partial charge in [-0.1, -0.05) is 48.6 Å². The second kappa shape index (κ2) is 10.1. The number of nitrogens with zero attached hydrogens (tertiary/aromatic N) is 2. The zero-order valence-corrected chi connectivity index (χ0v) is 19.9. The Labute approximate surface area is 205 Å². The van der Waals surface area contributed by atoms with Crippen molar-refractivity contribution in [3.05, 3.63) is 83.6 Å². The summed E-state index contributed by atoms with van der Waals surface area (Å²) in [7, 11) is 0. The van der Waals surface area contributed by atoms with Gasteiger partial charge in [-0.15, -0.1) is 0 Å². The predicted octanol–water partition coefficient (Wildman–Crippen LogP) is 5.96. The van der Waals surface area contributed by atoms with Crippen molar-refractivity contribution in [3.8, 4) is 11.8 Å². The van der Waals surface area contributed by atoms with E-state index in [1.165, 1.54) is 12.8 Å². The van der Waals surface area contributed by atoms with Gasteiger partial charge in [-0.2, -0.15) is 5.26 Å². The summed E-state index contributed by atoms with van der Waals surface area (Å²) in [5.74, 6) is 1.46. The molecule has 0 radical (unpaired) electrons. The minimum atomic E-state index is -0.440. The summed E-state index contributed by atoms with van der Waals surface area (Å²) in [6.07, 6.45) is 8.72. The van der Waals surface area contributed by atoms with Gasteiger partial charge >= 0.3 is 6.09 Å². The number of carbonyl (C=O) groups is 1. The minimum Gasteiger partial charge on any atom is -0.494 e. The molecule has 1 amide bonds. The molecule has 2 aliphatic carbocycles. The van der Waals surface area contributed by atoms with E-state index < -0.39 is 6.09 Å². The standard InChI is InChI=1S/C29H29N3O3/c1-2-34-24-14-15-25-26(17-30)28(32(27(25)16-24)18-20-8-9-20)22-10-12-23(13-11-22)31-29(33)35-19-21-6-4-3-5-7-21/h3-7,10-12,14-16,20,23H,2,8-9,13,18-19H2,1H3,(H,31,33). The molecule has 2 aromatic carbocycles. The Morgan fingerprint density at radius 1 is 1.20 bits per heavy atom. The first-order valence-corrected chi connectivity index (χ1v) is 12.2. The van der Waals surface area contributed by atoms with Gasteiger partial charge in [-0.05, 0) is 55.4 Å².